The SMILES string of the molecule is CNc1ncnc(Oc2ccc(Cl)c(C)c2)c1N. The van der Waals surface area contributed by atoms with Crippen LogP contribution in [0.2, 0.25) is 5.02 Å². The lowest BCUT2D eigenvalue weighted by atomic mass is 10.2. The largest absolute Gasteiger partial charge is 0.437 e. The average molecular weight is 265 g/mol. The fraction of sp³-hybridized carbons (Fsp3) is 0.167. The van der Waals surface area contributed by atoms with Crippen LogP contribution in [0.5, 0.6) is 11.6 Å². The maximum absolute atomic E-state index is 5.95. The van der Waals surface area contributed by atoms with Crippen LogP contribution in [-0.2, 0) is 0 Å². The molecule has 0 fully saturated rings. The zero-order valence-corrected chi connectivity index (χ0v) is 10.8. The van der Waals surface area contributed by atoms with Gasteiger partial charge in [0, 0.05) is 12.1 Å². The molecule has 0 saturated carbocycles. The summed E-state index contributed by atoms with van der Waals surface area (Å²) in [6, 6.07) is 5.35. The second-order valence-electron chi connectivity index (χ2n) is 3.70. The Hall–Kier alpha value is -2.01. The van der Waals surface area contributed by atoms with Crippen molar-refractivity contribution in [1.82, 2.24) is 9.97 Å². The molecule has 0 aliphatic rings. The molecule has 0 aliphatic heterocycles. The lowest BCUT2D eigenvalue weighted by Crippen LogP contribution is -2.02. The minimum atomic E-state index is 0.316. The molecule has 5 nitrogen and oxygen atoms in total. The number of nitrogens with one attached hydrogen (secondary N) is 1. The summed E-state index contributed by atoms with van der Waals surface area (Å²) in [7, 11) is 1.73. The molecule has 3 N–H and O–H groups in total. The highest BCUT2D eigenvalue weighted by Gasteiger charge is 2.09. The molecule has 94 valence electrons. The summed E-state index contributed by atoms with van der Waals surface area (Å²) in [5.41, 5.74) is 7.17. The monoisotopic (exact) mass is 264 g/mol. The number of ether oxygens (including phenoxy) is 1. The van der Waals surface area contributed by atoms with E-state index in [1.54, 1.807) is 19.2 Å². The Kier molecular flexibility index (Phi) is 3.53. The van der Waals surface area contributed by atoms with E-state index in [2.05, 4.69) is 15.3 Å². The Morgan fingerprint density at radius 3 is 2.78 bits per heavy atom. The van der Waals surface area contributed by atoms with E-state index >= 15 is 0 Å². The zero-order valence-electron chi connectivity index (χ0n) is 10.1. The normalized spacial score (nSPS) is 10.2. The number of aromatic nitrogens is 2. The van der Waals surface area contributed by atoms with Gasteiger partial charge < -0.3 is 15.8 Å². The summed E-state index contributed by atoms with van der Waals surface area (Å²) in [5, 5.41) is 3.55. The smallest absolute Gasteiger partial charge is 0.248 e. The van der Waals surface area contributed by atoms with Crippen molar-refractivity contribution in [3.63, 3.8) is 0 Å². The van der Waals surface area contributed by atoms with Crippen molar-refractivity contribution >= 4 is 23.1 Å². The molecule has 0 saturated heterocycles. The summed E-state index contributed by atoms with van der Waals surface area (Å²) >= 11 is 5.95. The van der Waals surface area contributed by atoms with E-state index in [-0.39, 0.29) is 0 Å². The lowest BCUT2D eigenvalue weighted by molar-refractivity contribution is 0.464. The van der Waals surface area contributed by atoms with Crippen molar-refractivity contribution in [3.8, 4) is 11.6 Å². The molecule has 6 heteroatoms. The van der Waals surface area contributed by atoms with Crippen molar-refractivity contribution in [2.24, 2.45) is 0 Å². The van der Waals surface area contributed by atoms with Crippen LogP contribution in [-0.4, -0.2) is 17.0 Å². The van der Waals surface area contributed by atoms with Crippen molar-refractivity contribution in [2.45, 2.75) is 6.92 Å². The summed E-state index contributed by atoms with van der Waals surface area (Å²) in [5.74, 6) is 1.48. The molecule has 0 spiro atoms. The highest BCUT2D eigenvalue weighted by molar-refractivity contribution is 6.31. The molecule has 0 aliphatic carbocycles. The molecule has 0 atom stereocenters. The van der Waals surface area contributed by atoms with Crippen molar-refractivity contribution in [2.75, 3.05) is 18.1 Å². The van der Waals surface area contributed by atoms with Crippen molar-refractivity contribution in [1.29, 1.82) is 0 Å². The number of nitrogen functional groups attached to an aromatic ring is 1. The number of anilines is 2. The second-order valence-corrected chi connectivity index (χ2v) is 4.11. The Bertz CT molecular complexity index is 574. The minimum absolute atomic E-state index is 0.316. The molecule has 0 unspecified atom stereocenters. The summed E-state index contributed by atoms with van der Waals surface area (Å²) < 4.78 is 5.61. The van der Waals surface area contributed by atoms with Gasteiger partial charge in [0.25, 0.3) is 0 Å². The zero-order chi connectivity index (χ0) is 13.1. The molecule has 1 aromatic heterocycles. The van der Waals surface area contributed by atoms with E-state index in [4.69, 9.17) is 22.1 Å². The molecule has 0 amide bonds. The van der Waals surface area contributed by atoms with Crippen LogP contribution >= 0.6 is 11.6 Å². The van der Waals surface area contributed by atoms with Crippen LogP contribution < -0.4 is 15.8 Å². The third kappa shape index (κ3) is 2.46. The first-order chi connectivity index (χ1) is 8.61. The first kappa shape index (κ1) is 12.4. The first-order valence-corrected chi connectivity index (χ1v) is 5.72. The standard InChI is InChI=1S/C12H13ClN4O/c1-7-5-8(3-4-9(7)13)18-12-10(14)11(15-2)16-6-17-12/h3-6H,14H2,1-2H3,(H,15,16,17). The number of hydrogen-bond donors (Lipinski definition) is 2. The predicted octanol–water partition coefficient (Wildman–Crippen LogP) is 2.85. The minimum Gasteiger partial charge on any atom is -0.437 e. The van der Waals surface area contributed by atoms with Gasteiger partial charge in [0.15, 0.2) is 5.82 Å². The van der Waals surface area contributed by atoms with Gasteiger partial charge in [-0.05, 0) is 30.7 Å². The van der Waals surface area contributed by atoms with Crippen LogP contribution in [0.1, 0.15) is 5.56 Å². The number of aryl methyl sites for hydroxylation is 1. The third-order valence-corrected chi connectivity index (χ3v) is 2.85. The Balaban J connectivity index is 2.31. The third-order valence-electron chi connectivity index (χ3n) is 2.43. The van der Waals surface area contributed by atoms with E-state index in [0.717, 1.165) is 5.56 Å². The van der Waals surface area contributed by atoms with Crippen LogP contribution in [0.15, 0.2) is 24.5 Å². The van der Waals surface area contributed by atoms with E-state index in [0.29, 0.717) is 28.2 Å². The summed E-state index contributed by atoms with van der Waals surface area (Å²) in [6.07, 6.45) is 1.39. The van der Waals surface area contributed by atoms with Gasteiger partial charge in [0.2, 0.25) is 5.88 Å². The molecule has 18 heavy (non-hydrogen) atoms. The maximum Gasteiger partial charge on any atom is 0.248 e. The van der Waals surface area contributed by atoms with Gasteiger partial charge in [-0.1, -0.05) is 11.6 Å². The highest BCUT2D eigenvalue weighted by atomic mass is 35.5. The Morgan fingerprint density at radius 2 is 2.11 bits per heavy atom. The lowest BCUT2D eigenvalue weighted by Gasteiger charge is -2.10. The van der Waals surface area contributed by atoms with E-state index in [1.165, 1.54) is 6.33 Å². The van der Waals surface area contributed by atoms with E-state index in [1.807, 2.05) is 13.0 Å². The second kappa shape index (κ2) is 5.10. The van der Waals surface area contributed by atoms with Gasteiger partial charge >= 0.3 is 0 Å². The van der Waals surface area contributed by atoms with Crippen molar-refractivity contribution < 1.29 is 4.74 Å². The fourth-order valence-electron chi connectivity index (χ4n) is 1.45. The summed E-state index contributed by atoms with van der Waals surface area (Å²) in [4.78, 5) is 7.99. The number of nitrogens with zero attached hydrogens (tertiary/aromatic N) is 2. The van der Waals surface area contributed by atoms with Gasteiger partial charge in [0.1, 0.15) is 17.8 Å². The predicted molar refractivity (Wildman–Crippen MR) is 72.3 cm³/mol. The highest BCUT2D eigenvalue weighted by Crippen LogP contribution is 2.30. The van der Waals surface area contributed by atoms with Crippen LogP contribution in [0, 0.1) is 6.92 Å². The van der Waals surface area contributed by atoms with Gasteiger partial charge in [-0.25, -0.2) is 4.98 Å². The number of halogens is 1. The van der Waals surface area contributed by atoms with E-state index < -0.39 is 0 Å². The molecule has 0 radical (unpaired) electrons. The molecular weight excluding hydrogens is 252 g/mol. The molecule has 1 aromatic carbocycles. The topological polar surface area (TPSA) is 73.1 Å². The quantitative estimate of drug-likeness (QED) is 0.892. The molecular formula is C12H13ClN4O. The Morgan fingerprint density at radius 1 is 1.33 bits per heavy atom. The van der Waals surface area contributed by atoms with Crippen LogP contribution in [0.3, 0.4) is 0 Å². The average Bonchev–Trinajstić information content (AvgIpc) is 2.36. The number of hydrogen-bond acceptors (Lipinski definition) is 5. The van der Waals surface area contributed by atoms with E-state index in [9.17, 15) is 0 Å². The van der Waals surface area contributed by atoms with Crippen LogP contribution in [0.25, 0.3) is 0 Å². The number of rotatable bonds is 3. The summed E-state index contributed by atoms with van der Waals surface area (Å²) in [6.45, 7) is 1.90. The van der Waals surface area contributed by atoms with Crippen LogP contribution in [0.4, 0.5) is 11.5 Å². The first-order valence-electron chi connectivity index (χ1n) is 5.34. The maximum atomic E-state index is 5.95. The van der Waals surface area contributed by atoms with Gasteiger partial charge in [0.05, 0.1) is 0 Å². The van der Waals surface area contributed by atoms with Crippen molar-refractivity contribution in [3.05, 3.63) is 35.1 Å². The molecule has 1 heterocycles. The molecule has 0 bridgehead atoms. The van der Waals surface area contributed by atoms with Gasteiger partial charge in [-0.15, -0.1) is 0 Å². The number of benzene rings is 1. The molecule has 2 aromatic rings. The van der Waals surface area contributed by atoms with Gasteiger partial charge in [-0.2, -0.15) is 4.98 Å². The number of nitrogens with two attached hydrogens (primary N) is 1. The fourth-order valence-corrected chi connectivity index (χ4v) is 1.57. The van der Waals surface area contributed by atoms with Gasteiger partial charge in [-0.3, -0.25) is 0 Å². The Labute approximate surface area is 110 Å². The molecule has 2 rings (SSSR count).